The van der Waals surface area contributed by atoms with Crippen LogP contribution in [0.15, 0.2) is 0 Å². The molecule has 2 heterocycles. The topological polar surface area (TPSA) is 42.0 Å². The summed E-state index contributed by atoms with van der Waals surface area (Å²) >= 11 is 0. The van der Waals surface area contributed by atoms with Gasteiger partial charge in [-0.2, -0.15) is 0 Å². The zero-order valence-corrected chi connectivity index (χ0v) is 18.6. The number of piperidine rings is 2. The van der Waals surface area contributed by atoms with Gasteiger partial charge in [-0.3, -0.25) is 9.80 Å². The Bertz CT molecular complexity index is 458. The molecule has 0 saturated carbocycles. The molecule has 2 fully saturated rings. The molecule has 0 aromatic carbocycles. The fraction of sp³-hybridized carbons (Fsp3) is 0.955. The van der Waals surface area contributed by atoms with Crippen molar-refractivity contribution in [2.24, 2.45) is 0 Å². The maximum Gasteiger partial charge on any atom is 0.508 e. The van der Waals surface area contributed by atoms with E-state index in [-0.39, 0.29) is 41.8 Å². The molecular weight excluding hydrogens is 340 g/mol. The van der Waals surface area contributed by atoms with Crippen molar-refractivity contribution < 1.29 is 14.3 Å². The van der Waals surface area contributed by atoms with Gasteiger partial charge in [0.1, 0.15) is 12.2 Å². The Kier molecular flexibility index (Phi) is 6.77. The van der Waals surface area contributed by atoms with Crippen molar-refractivity contribution in [1.29, 1.82) is 0 Å². The molecule has 0 amide bonds. The summed E-state index contributed by atoms with van der Waals surface area (Å²) in [5.74, 6) is 0. The molecule has 0 spiro atoms. The first-order valence-corrected chi connectivity index (χ1v) is 9.92. The largest absolute Gasteiger partial charge is 0.508 e. The van der Waals surface area contributed by atoms with Gasteiger partial charge in [-0.15, -0.1) is 0 Å². The van der Waals surface area contributed by atoms with Crippen LogP contribution >= 0.6 is 0 Å². The smallest absolute Gasteiger partial charge is 0.431 e. The number of carbonyl (C=O) groups is 1. The lowest BCUT2D eigenvalue weighted by molar-refractivity contribution is -0.107. The molecule has 0 N–H and O–H groups in total. The van der Waals surface area contributed by atoms with Gasteiger partial charge in [-0.25, -0.2) is 4.79 Å². The molecule has 0 atom stereocenters. The highest BCUT2D eigenvalue weighted by atomic mass is 16.7. The first kappa shape index (κ1) is 24.2. The minimum Gasteiger partial charge on any atom is -0.431 e. The lowest BCUT2D eigenvalue weighted by Crippen LogP contribution is -2.61. The highest BCUT2D eigenvalue weighted by molar-refractivity contribution is 5.60. The first-order valence-electron chi connectivity index (χ1n) is 9.92. The summed E-state index contributed by atoms with van der Waals surface area (Å²) < 4.78 is 11.6. The molecule has 5 nitrogen and oxygen atoms in total. The van der Waals surface area contributed by atoms with Crippen molar-refractivity contribution in [1.82, 2.24) is 9.80 Å². The number of rotatable bonds is 2. The number of ether oxygens (including phenoxy) is 2. The van der Waals surface area contributed by atoms with Gasteiger partial charge < -0.3 is 9.47 Å². The van der Waals surface area contributed by atoms with Crippen LogP contribution in [0.1, 0.15) is 88.5 Å². The quantitative estimate of drug-likeness (QED) is 0.621. The third-order valence-corrected chi connectivity index (χ3v) is 7.07. The lowest BCUT2D eigenvalue weighted by Gasteiger charge is -2.53. The number of carbonyl (C=O) groups excluding carboxylic acids is 1. The van der Waals surface area contributed by atoms with E-state index >= 15 is 0 Å². The van der Waals surface area contributed by atoms with Gasteiger partial charge in [0.25, 0.3) is 0 Å². The molecule has 160 valence electrons. The van der Waals surface area contributed by atoms with Crippen LogP contribution in [0.4, 0.5) is 4.79 Å². The minimum absolute atomic E-state index is 0. The van der Waals surface area contributed by atoms with Crippen LogP contribution in [-0.4, -0.2) is 64.4 Å². The third kappa shape index (κ3) is 5.17. The predicted octanol–water partition coefficient (Wildman–Crippen LogP) is 5.08. The molecule has 2 aliphatic rings. The summed E-state index contributed by atoms with van der Waals surface area (Å²) in [6, 6.07) is 0. The SMILES string of the molecule is C.CN1C(C)(C)CC(OC(=O)OC2CC(C)(C)N(C)C(C)(C)C2)CC1(C)C. The van der Waals surface area contributed by atoms with E-state index in [0.29, 0.717) is 0 Å². The summed E-state index contributed by atoms with van der Waals surface area (Å²) in [7, 11) is 4.30. The van der Waals surface area contributed by atoms with Crippen molar-refractivity contribution in [2.75, 3.05) is 14.1 Å². The van der Waals surface area contributed by atoms with E-state index in [4.69, 9.17) is 9.47 Å². The fourth-order valence-corrected chi connectivity index (χ4v) is 5.03. The molecule has 27 heavy (non-hydrogen) atoms. The molecule has 0 bridgehead atoms. The van der Waals surface area contributed by atoms with Crippen molar-refractivity contribution in [3.05, 3.63) is 0 Å². The summed E-state index contributed by atoms with van der Waals surface area (Å²) in [5, 5.41) is 0. The van der Waals surface area contributed by atoms with E-state index in [0.717, 1.165) is 25.7 Å². The molecule has 0 unspecified atom stereocenters. The Hall–Kier alpha value is -0.810. The minimum atomic E-state index is -0.507. The Morgan fingerprint density at radius 1 is 0.667 bits per heavy atom. The lowest BCUT2D eigenvalue weighted by atomic mass is 9.78. The van der Waals surface area contributed by atoms with Gasteiger partial charge in [0, 0.05) is 47.8 Å². The zero-order valence-electron chi connectivity index (χ0n) is 18.6. The number of nitrogens with zero attached hydrogens (tertiary/aromatic N) is 2. The Morgan fingerprint density at radius 2 is 0.889 bits per heavy atom. The molecule has 5 heteroatoms. The van der Waals surface area contributed by atoms with Crippen LogP contribution in [0.2, 0.25) is 0 Å². The molecule has 0 aliphatic carbocycles. The second-order valence-electron chi connectivity index (χ2n) is 10.9. The third-order valence-electron chi connectivity index (χ3n) is 7.07. The van der Waals surface area contributed by atoms with Gasteiger partial charge in [0.15, 0.2) is 0 Å². The van der Waals surface area contributed by atoms with Gasteiger partial charge in [0.2, 0.25) is 0 Å². The average molecular weight is 385 g/mol. The molecule has 0 radical (unpaired) electrons. The number of hydrogen-bond donors (Lipinski definition) is 0. The molecule has 0 aromatic heterocycles. The predicted molar refractivity (Wildman–Crippen MR) is 112 cm³/mol. The zero-order chi connectivity index (χ0) is 20.1. The number of likely N-dealkylation sites (tertiary alicyclic amines) is 2. The molecule has 0 aromatic rings. The van der Waals surface area contributed by atoms with E-state index in [1.165, 1.54) is 0 Å². The monoisotopic (exact) mass is 384 g/mol. The summed E-state index contributed by atoms with van der Waals surface area (Å²) in [6.07, 6.45) is 2.59. The van der Waals surface area contributed by atoms with Crippen LogP contribution in [0.3, 0.4) is 0 Å². The summed E-state index contributed by atoms with van der Waals surface area (Å²) in [6.45, 7) is 17.6. The Morgan fingerprint density at radius 3 is 1.11 bits per heavy atom. The van der Waals surface area contributed by atoms with Crippen molar-refractivity contribution in [2.45, 2.75) is 123 Å². The average Bonchev–Trinajstić information content (AvgIpc) is 2.40. The Labute approximate surface area is 167 Å². The van der Waals surface area contributed by atoms with Gasteiger partial charge >= 0.3 is 6.16 Å². The summed E-state index contributed by atoms with van der Waals surface area (Å²) in [4.78, 5) is 17.3. The standard InChI is InChI=1S/C21H40N2O3.CH4/c1-18(2)11-15(12-19(3,4)22(18)9)25-17(24)26-16-13-20(5,6)23(10)21(7,8)14-16;/h15-16H,11-14H2,1-10H3;1H4. The van der Waals surface area contributed by atoms with E-state index in [1.807, 2.05) is 0 Å². The van der Waals surface area contributed by atoms with E-state index in [1.54, 1.807) is 0 Å². The Balaban J connectivity index is 0.00000364. The molecule has 2 saturated heterocycles. The molecule has 2 aliphatic heterocycles. The van der Waals surface area contributed by atoms with Crippen molar-refractivity contribution >= 4 is 6.16 Å². The first-order chi connectivity index (χ1) is 11.6. The van der Waals surface area contributed by atoms with Gasteiger partial charge in [-0.1, -0.05) is 7.43 Å². The van der Waals surface area contributed by atoms with Gasteiger partial charge in [0.05, 0.1) is 0 Å². The second kappa shape index (κ2) is 7.55. The van der Waals surface area contributed by atoms with E-state index in [2.05, 4.69) is 79.3 Å². The number of hydrogen-bond acceptors (Lipinski definition) is 5. The van der Waals surface area contributed by atoms with Crippen LogP contribution in [-0.2, 0) is 9.47 Å². The van der Waals surface area contributed by atoms with Crippen LogP contribution in [0, 0.1) is 0 Å². The highest BCUT2D eigenvalue weighted by Crippen LogP contribution is 2.40. The second-order valence-corrected chi connectivity index (χ2v) is 10.9. The van der Waals surface area contributed by atoms with Crippen LogP contribution in [0.5, 0.6) is 0 Å². The summed E-state index contributed by atoms with van der Waals surface area (Å²) in [5.41, 5.74) is -0.0388. The van der Waals surface area contributed by atoms with E-state index < -0.39 is 6.16 Å². The normalized spacial score (nSPS) is 28.2. The maximum atomic E-state index is 12.5. The van der Waals surface area contributed by atoms with Crippen molar-refractivity contribution in [3.63, 3.8) is 0 Å². The fourth-order valence-electron chi connectivity index (χ4n) is 5.03. The van der Waals surface area contributed by atoms with Crippen LogP contribution in [0.25, 0.3) is 0 Å². The molecule has 2 rings (SSSR count). The highest BCUT2D eigenvalue weighted by Gasteiger charge is 2.46. The van der Waals surface area contributed by atoms with Gasteiger partial charge in [-0.05, 0) is 69.5 Å². The van der Waals surface area contributed by atoms with Crippen molar-refractivity contribution in [3.8, 4) is 0 Å². The van der Waals surface area contributed by atoms with E-state index in [9.17, 15) is 4.79 Å². The van der Waals surface area contributed by atoms with Crippen LogP contribution < -0.4 is 0 Å². The maximum absolute atomic E-state index is 12.5. The molecular formula is C22H44N2O3.